The second-order valence-corrected chi connectivity index (χ2v) is 7.66. The van der Waals surface area contributed by atoms with Crippen LogP contribution in [0.3, 0.4) is 0 Å². The van der Waals surface area contributed by atoms with Gasteiger partial charge < -0.3 is 5.32 Å². The molecule has 7 nitrogen and oxygen atoms in total. The highest BCUT2D eigenvalue weighted by Gasteiger charge is 2.32. The smallest absolute Gasteiger partial charge is 0.252 e. The van der Waals surface area contributed by atoms with Gasteiger partial charge in [-0.25, -0.2) is 0 Å². The Kier molecular flexibility index (Phi) is 4.91. The van der Waals surface area contributed by atoms with Gasteiger partial charge in [0, 0.05) is 38.9 Å². The monoisotopic (exact) mass is 356 g/mol. The lowest BCUT2D eigenvalue weighted by molar-refractivity contribution is 0.0869. The van der Waals surface area contributed by atoms with Crippen LogP contribution in [0.25, 0.3) is 5.65 Å². The van der Waals surface area contributed by atoms with Crippen molar-refractivity contribution in [3.05, 3.63) is 29.7 Å². The molecule has 1 amide bonds. The molecule has 3 heterocycles. The molecule has 2 aromatic heterocycles. The fourth-order valence-electron chi connectivity index (χ4n) is 3.65. The van der Waals surface area contributed by atoms with Crippen molar-refractivity contribution < 1.29 is 4.79 Å². The molecule has 0 aromatic carbocycles. The summed E-state index contributed by atoms with van der Waals surface area (Å²) < 4.78 is 1.99. The average molecular weight is 356 g/mol. The number of aromatic nitrogens is 3. The Bertz CT molecular complexity index is 783. The predicted octanol–water partition coefficient (Wildman–Crippen LogP) is 1.57. The highest BCUT2D eigenvalue weighted by atomic mass is 16.1. The van der Waals surface area contributed by atoms with Crippen LogP contribution >= 0.6 is 0 Å². The summed E-state index contributed by atoms with van der Waals surface area (Å²) in [4.78, 5) is 17.2. The van der Waals surface area contributed by atoms with Crippen LogP contribution in [0.15, 0.2) is 18.3 Å². The van der Waals surface area contributed by atoms with Crippen molar-refractivity contribution >= 4 is 11.6 Å². The van der Waals surface area contributed by atoms with Crippen molar-refractivity contribution in [1.29, 1.82) is 0 Å². The summed E-state index contributed by atoms with van der Waals surface area (Å²) in [6, 6.07) is 3.90. The van der Waals surface area contributed by atoms with Crippen molar-refractivity contribution in [2.45, 2.75) is 32.2 Å². The van der Waals surface area contributed by atoms with Crippen molar-refractivity contribution in [2.24, 2.45) is 5.92 Å². The molecule has 4 rings (SSSR count). The van der Waals surface area contributed by atoms with Crippen LogP contribution in [0.5, 0.6) is 0 Å². The molecule has 1 atom stereocenters. The molecule has 7 heteroatoms. The van der Waals surface area contributed by atoms with Crippen LogP contribution in [0.2, 0.25) is 0 Å². The lowest BCUT2D eigenvalue weighted by Crippen LogP contribution is -2.47. The number of rotatable bonds is 6. The van der Waals surface area contributed by atoms with E-state index in [0.29, 0.717) is 12.1 Å². The standard InChI is InChI=1S/C19H28N6O/c1-3-8-20-19(26)15-6-7-17-21-22-18(25(17)12-15)16-13-24(10-9-23(16)2)11-14-4-5-14/h6-7,12,14,16H,3-5,8-11,13H2,1-2H3,(H,20,26). The molecular formula is C19H28N6O. The molecule has 1 aliphatic heterocycles. The molecule has 0 radical (unpaired) electrons. The van der Waals surface area contributed by atoms with Crippen LogP contribution in [-0.4, -0.2) is 70.1 Å². The van der Waals surface area contributed by atoms with E-state index in [1.807, 2.05) is 29.7 Å². The van der Waals surface area contributed by atoms with Crippen LogP contribution in [0, 0.1) is 5.92 Å². The molecule has 26 heavy (non-hydrogen) atoms. The number of nitrogens with one attached hydrogen (secondary N) is 1. The Morgan fingerprint density at radius 2 is 2.12 bits per heavy atom. The first-order chi connectivity index (χ1) is 12.7. The first kappa shape index (κ1) is 17.4. The highest BCUT2D eigenvalue weighted by molar-refractivity contribution is 5.94. The molecule has 1 aliphatic carbocycles. The molecule has 0 bridgehead atoms. The van der Waals surface area contributed by atoms with Crippen LogP contribution in [-0.2, 0) is 0 Å². The number of hydrogen-bond donors (Lipinski definition) is 1. The third kappa shape index (κ3) is 3.59. The van der Waals surface area contributed by atoms with E-state index in [9.17, 15) is 4.79 Å². The zero-order valence-electron chi connectivity index (χ0n) is 15.7. The van der Waals surface area contributed by atoms with Crippen LogP contribution in [0.1, 0.15) is 48.4 Å². The number of nitrogens with zero attached hydrogens (tertiary/aromatic N) is 5. The normalized spacial score (nSPS) is 22.0. The Labute approximate surface area is 154 Å². The van der Waals surface area contributed by atoms with E-state index >= 15 is 0 Å². The van der Waals surface area contributed by atoms with Gasteiger partial charge in [0.05, 0.1) is 11.6 Å². The van der Waals surface area contributed by atoms with Gasteiger partial charge >= 0.3 is 0 Å². The quantitative estimate of drug-likeness (QED) is 0.851. The zero-order chi connectivity index (χ0) is 18.1. The van der Waals surface area contributed by atoms with Crippen molar-refractivity contribution in [2.75, 3.05) is 39.8 Å². The number of hydrogen-bond acceptors (Lipinski definition) is 5. The first-order valence-corrected chi connectivity index (χ1v) is 9.71. The van der Waals surface area contributed by atoms with Crippen molar-refractivity contribution in [3.63, 3.8) is 0 Å². The lowest BCUT2D eigenvalue weighted by Gasteiger charge is -2.38. The maximum absolute atomic E-state index is 12.3. The molecule has 1 saturated heterocycles. The van der Waals surface area contributed by atoms with Gasteiger partial charge in [-0.1, -0.05) is 6.92 Å². The molecule has 2 aromatic rings. The van der Waals surface area contributed by atoms with Gasteiger partial charge in [0.25, 0.3) is 5.91 Å². The summed E-state index contributed by atoms with van der Waals surface area (Å²) >= 11 is 0. The van der Waals surface area contributed by atoms with E-state index in [1.54, 1.807) is 0 Å². The summed E-state index contributed by atoms with van der Waals surface area (Å²) in [5, 5.41) is 11.7. The fourth-order valence-corrected chi connectivity index (χ4v) is 3.65. The maximum atomic E-state index is 12.3. The van der Waals surface area contributed by atoms with Gasteiger partial charge in [-0.05, 0) is 44.4 Å². The maximum Gasteiger partial charge on any atom is 0.252 e. The lowest BCUT2D eigenvalue weighted by atomic mass is 10.1. The largest absolute Gasteiger partial charge is 0.352 e. The molecule has 2 fully saturated rings. The van der Waals surface area contributed by atoms with E-state index in [1.165, 1.54) is 19.4 Å². The SMILES string of the molecule is CCCNC(=O)c1ccc2nnc(C3CN(CC4CC4)CCN3C)n2c1. The van der Waals surface area contributed by atoms with E-state index in [2.05, 4.69) is 32.4 Å². The molecule has 140 valence electrons. The number of carbonyl (C=O) groups is 1. The fraction of sp³-hybridized carbons (Fsp3) is 0.632. The molecule has 1 N–H and O–H groups in total. The van der Waals surface area contributed by atoms with Crippen molar-refractivity contribution in [1.82, 2.24) is 29.7 Å². The molecule has 2 aliphatic rings. The van der Waals surface area contributed by atoms with Gasteiger partial charge in [0.2, 0.25) is 0 Å². The first-order valence-electron chi connectivity index (χ1n) is 9.71. The molecule has 0 spiro atoms. The number of likely N-dealkylation sites (N-methyl/N-ethyl adjacent to an activating group) is 1. The Balaban J connectivity index is 1.59. The Morgan fingerprint density at radius 3 is 2.88 bits per heavy atom. The van der Waals surface area contributed by atoms with Crippen molar-refractivity contribution in [3.8, 4) is 0 Å². The molecular weight excluding hydrogens is 328 g/mol. The summed E-state index contributed by atoms with van der Waals surface area (Å²) in [5.41, 5.74) is 1.44. The third-order valence-corrected chi connectivity index (χ3v) is 5.47. The van der Waals surface area contributed by atoms with Crippen LogP contribution < -0.4 is 5.32 Å². The number of pyridine rings is 1. The van der Waals surface area contributed by atoms with E-state index in [-0.39, 0.29) is 11.9 Å². The van der Waals surface area contributed by atoms with Crippen LogP contribution in [0.4, 0.5) is 0 Å². The highest BCUT2D eigenvalue weighted by Crippen LogP contribution is 2.32. The second-order valence-electron chi connectivity index (χ2n) is 7.66. The topological polar surface area (TPSA) is 65.8 Å². The zero-order valence-corrected chi connectivity index (χ0v) is 15.7. The third-order valence-electron chi connectivity index (χ3n) is 5.47. The number of carbonyl (C=O) groups excluding carboxylic acids is 1. The predicted molar refractivity (Wildman–Crippen MR) is 100 cm³/mol. The van der Waals surface area contributed by atoms with Gasteiger partial charge in [-0.15, -0.1) is 10.2 Å². The number of piperazine rings is 1. The summed E-state index contributed by atoms with van der Waals surface area (Å²) in [5.74, 6) is 1.77. The second kappa shape index (κ2) is 7.32. The summed E-state index contributed by atoms with van der Waals surface area (Å²) in [6.45, 7) is 7.06. The Morgan fingerprint density at radius 1 is 1.27 bits per heavy atom. The minimum atomic E-state index is -0.0410. The average Bonchev–Trinajstić information content (AvgIpc) is 3.37. The molecule has 1 unspecified atom stereocenters. The van der Waals surface area contributed by atoms with Gasteiger partial charge in [0.15, 0.2) is 11.5 Å². The van der Waals surface area contributed by atoms with Gasteiger partial charge in [-0.3, -0.25) is 19.0 Å². The number of fused-ring (bicyclic) bond motifs is 1. The van der Waals surface area contributed by atoms with Gasteiger partial charge in [-0.2, -0.15) is 0 Å². The molecule has 1 saturated carbocycles. The van der Waals surface area contributed by atoms with E-state index < -0.39 is 0 Å². The summed E-state index contributed by atoms with van der Waals surface area (Å²) in [6.07, 6.45) is 5.56. The minimum absolute atomic E-state index is 0.0410. The van der Waals surface area contributed by atoms with E-state index in [0.717, 1.165) is 43.4 Å². The van der Waals surface area contributed by atoms with Gasteiger partial charge in [0.1, 0.15) is 0 Å². The minimum Gasteiger partial charge on any atom is -0.352 e. The Hall–Kier alpha value is -1.99. The summed E-state index contributed by atoms with van der Waals surface area (Å²) in [7, 11) is 2.15. The number of amides is 1. The van der Waals surface area contributed by atoms with E-state index in [4.69, 9.17) is 0 Å².